The van der Waals surface area contributed by atoms with Gasteiger partial charge >= 0.3 is 0 Å². The molecule has 90 valence electrons. The molecule has 17 heavy (non-hydrogen) atoms. The molecule has 0 aliphatic rings. The molecule has 0 saturated heterocycles. The molecule has 0 aliphatic carbocycles. The van der Waals surface area contributed by atoms with Crippen LogP contribution in [0.25, 0.3) is 10.9 Å². The van der Waals surface area contributed by atoms with Gasteiger partial charge in [0.15, 0.2) is 6.29 Å². The fraction of sp³-hybridized carbons (Fsp3) is 0.333. The van der Waals surface area contributed by atoms with Crippen molar-refractivity contribution in [2.75, 3.05) is 5.32 Å². The van der Waals surface area contributed by atoms with Crippen LogP contribution in [0.4, 0.5) is 5.69 Å². The Morgan fingerprint density at radius 1 is 1.47 bits per heavy atom. The average Bonchev–Trinajstić information content (AvgIpc) is 2.72. The molecule has 1 atom stereocenters. The van der Waals surface area contributed by atoms with E-state index in [4.69, 9.17) is 11.3 Å². The zero-order chi connectivity index (χ0) is 12.3. The summed E-state index contributed by atoms with van der Waals surface area (Å²) in [5.41, 5.74) is 14.4. The molecule has 2 rings (SSSR count). The molecular weight excluding hydrogens is 214 g/mol. The van der Waals surface area contributed by atoms with Crippen LogP contribution in [0.15, 0.2) is 35.6 Å². The first-order chi connectivity index (χ1) is 8.24. The first kappa shape index (κ1) is 11.6. The van der Waals surface area contributed by atoms with Gasteiger partial charge in [-0.1, -0.05) is 6.92 Å². The molecule has 1 aromatic carbocycles. The van der Waals surface area contributed by atoms with Gasteiger partial charge in [-0.2, -0.15) is 5.11 Å². The average molecular weight is 231 g/mol. The molecule has 0 aliphatic heterocycles. The topological polar surface area (TPSA) is 79.2 Å². The van der Waals surface area contributed by atoms with E-state index in [9.17, 15) is 0 Å². The Hall–Kier alpha value is -1.88. The first-order valence-corrected chi connectivity index (χ1v) is 5.72. The van der Waals surface area contributed by atoms with Crippen LogP contribution in [-0.4, -0.2) is 10.9 Å². The van der Waals surface area contributed by atoms with Crippen molar-refractivity contribution in [3.63, 3.8) is 0 Å². The largest absolute Gasteiger partial charge is 0.350 e. The number of aryl methyl sites for hydroxylation is 1. The first-order valence-electron chi connectivity index (χ1n) is 5.72. The predicted octanol–water partition coefficient (Wildman–Crippen LogP) is 2.74. The molecule has 2 aromatic rings. The van der Waals surface area contributed by atoms with Crippen LogP contribution in [-0.2, 0) is 6.54 Å². The van der Waals surface area contributed by atoms with Crippen LogP contribution in [0, 0.1) is 5.53 Å². The van der Waals surface area contributed by atoms with Gasteiger partial charge in [-0.05, 0) is 30.7 Å². The molecule has 0 radical (unpaired) electrons. The van der Waals surface area contributed by atoms with E-state index in [1.807, 2.05) is 12.1 Å². The minimum Gasteiger partial charge on any atom is -0.350 e. The van der Waals surface area contributed by atoms with Gasteiger partial charge in [-0.25, -0.2) is 5.53 Å². The summed E-state index contributed by atoms with van der Waals surface area (Å²) in [5, 5.41) is 7.32. The zero-order valence-corrected chi connectivity index (χ0v) is 9.85. The number of aromatic nitrogens is 1. The fourth-order valence-electron chi connectivity index (χ4n) is 1.93. The Morgan fingerprint density at radius 3 is 3.00 bits per heavy atom. The van der Waals surface area contributed by atoms with E-state index in [1.54, 1.807) is 0 Å². The zero-order valence-electron chi connectivity index (χ0n) is 9.85. The minimum atomic E-state index is -0.676. The van der Waals surface area contributed by atoms with Crippen LogP contribution in [0.5, 0.6) is 0 Å². The summed E-state index contributed by atoms with van der Waals surface area (Å²) in [6.45, 7) is 3.19. The van der Waals surface area contributed by atoms with Crippen molar-refractivity contribution in [3.8, 4) is 0 Å². The predicted molar refractivity (Wildman–Crippen MR) is 69.0 cm³/mol. The number of rotatable bonds is 5. The summed E-state index contributed by atoms with van der Waals surface area (Å²) in [6.07, 6.45) is 2.53. The Morgan fingerprint density at radius 2 is 2.29 bits per heavy atom. The molecule has 0 amide bonds. The van der Waals surface area contributed by atoms with E-state index in [-0.39, 0.29) is 0 Å². The fourth-order valence-corrected chi connectivity index (χ4v) is 1.93. The van der Waals surface area contributed by atoms with Crippen molar-refractivity contribution in [2.45, 2.75) is 26.2 Å². The maximum Gasteiger partial charge on any atom is 0.190 e. The van der Waals surface area contributed by atoms with E-state index < -0.39 is 6.29 Å². The second-order valence-electron chi connectivity index (χ2n) is 4.00. The summed E-state index contributed by atoms with van der Waals surface area (Å²) < 4.78 is 2.23. The maximum atomic E-state index is 6.81. The Labute approximate surface area is 100 Å². The number of nitrogens with two attached hydrogens (primary N) is 1. The highest BCUT2D eigenvalue weighted by atomic mass is 15.2. The number of hydrogen-bond acceptors (Lipinski definition) is 4. The van der Waals surface area contributed by atoms with Crippen molar-refractivity contribution < 1.29 is 0 Å². The van der Waals surface area contributed by atoms with Crippen LogP contribution < -0.4 is 11.1 Å². The number of anilines is 1. The van der Waals surface area contributed by atoms with Crippen LogP contribution >= 0.6 is 0 Å². The number of benzene rings is 1. The molecule has 5 nitrogen and oxygen atoms in total. The van der Waals surface area contributed by atoms with Crippen molar-refractivity contribution in [1.82, 2.24) is 4.57 Å². The van der Waals surface area contributed by atoms with Crippen LogP contribution in [0.2, 0.25) is 0 Å². The number of fused-ring (bicyclic) bond motifs is 1. The molecule has 0 bridgehead atoms. The maximum absolute atomic E-state index is 6.81. The SMILES string of the molecule is CCCn1ccc2cc(NC(N)N=N)ccc21. The summed E-state index contributed by atoms with van der Waals surface area (Å²) in [6, 6.07) is 8.12. The smallest absolute Gasteiger partial charge is 0.190 e. The summed E-state index contributed by atoms with van der Waals surface area (Å²) >= 11 is 0. The third-order valence-corrected chi connectivity index (χ3v) is 2.69. The van der Waals surface area contributed by atoms with E-state index in [2.05, 4.69) is 40.3 Å². The molecular formula is C12H17N5. The lowest BCUT2D eigenvalue weighted by Gasteiger charge is -2.09. The third kappa shape index (κ3) is 2.45. The third-order valence-electron chi connectivity index (χ3n) is 2.69. The highest BCUT2D eigenvalue weighted by Gasteiger charge is 2.03. The van der Waals surface area contributed by atoms with Crippen molar-refractivity contribution in [3.05, 3.63) is 30.5 Å². The molecule has 0 spiro atoms. The van der Waals surface area contributed by atoms with Gasteiger partial charge in [0.1, 0.15) is 0 Å². The van der Waals surface area contributed by atoms with Gasteiger partial charge in [0, 0.05) is 29.3 Å². The monoisotopic (exact) mass is 231 g/mol. The molecule has 1 unspecified atom stereocenters. The van der Waals surface area contributed by atoms with E-state index >= 15 is 0 Å². The van der Waals surface area contributed by atoms with Gasteiger partial charge in [-0.15, -0.1) is 0 Å². The van der Waals surface area contributed by atoms with E-state index in [0.717, 1.165) is 18.7 Å². The highest BCUT2D eigenvalue weighted by molar-refractivity contribution is 5.83. The van der Waals surface area contributed by atoms with Crippen molar-refractivity contribution >= 4 is 16.6 Å². The van der Waals surface area contributed by atoms with Crippen LogP contribution in [0.1, 0.15) is 13.3 Å². The van der Waals surface area contributed by atoms with Gasteiger partial charge in [0.25, 0.3) is 0 Å². The van der Waals surface area contributed by atoms with E-state index in [0.29, 0.717) is 0 Å². The molecule has 1 aromatic heterocycles. The molecule has 4 N–H and O–H groups in total. The molecule has 0 saturated carbocycles. The number of nitrogens with zero attached hydrogens (tertiary/aromatic N) is 2. The highest BCUT2D eigenvalue weighted by Crippen LogP contribution is 2.21. The van der Waals surface area contributed by atoms with Gasteiger partial charge in [-0.3, -0.25) is 5.73 Å². The molecule has 5 heteroatoms. The molecule has 1 heterocycles. The standard InChI is InChI=1S/C12H17N5/c1-2-6-17-7-5-9-8-10(3-4-11(9)17)15-12(13)16-14/h3-5,7-8,12,14-15H,2,6,13H2,1H3. The van der Waals surface area contributed by atoms with Gasteiger partial charge in [0.2, 0.25) is 0 Å². The Bertz CT molecular complexity index is 517. The molecule has 0 fully saturated rings. The lowest BCUT2D eigenvalue weighted by Crippen LogP contribution is -2.26. The second-order valence-corrected chi connectivity index (χ2v) is 4.00. The lowest BCUT2D eigenvalue weighted by molar-refractivity contribution is 0.703. The van der Waals surface area contributed by atoms with Gasteiger partial charge in [0.05, 0.1) is 0 Å². The Kier molecular flexibility index (Phi) is 3.39. The van der Waals surface area contributed by atoms with Crippen molar-refractivity contribution in [2.24, 2.45) is 10.8 Å². The summed E-state index contributed by atoms with van der Waals surface area (Å²) in [7, 11) is 0. The Balaban J connectivity index is 2.29. The van der Waals surface area contributed by atoms with Crippen molar-refractivity contribution in [1.29, 1.82) is 5.53 Å². The summed E-state index contributed by atoms with van der Waals surface area (Å²) in [5.74, 6) is 0. The summed E-state index contributed by atoms with van der Waals surface area (Å²) in [4.78, 5) is 0. The lowest BCUT2D eigenvalue weighted by atomic mass is 10.2. The number of nitrogens with one attached hydrogen (secondary N) is 2. The van der Waals surface area contributed by atoms with Gasteiger partial charge < -0.3 is 9.88 Å². The normalized spacial score (nSPS) is 12.6. The quantitative estimate of drug-likeness (QED) is 0.546. The minimum absolute atomic E-state index is 0.676. The van der Waals surface area contributed by atoms with E-state index in [1.165, 1.54) is 10.9 Å². The second kappa shape index (κ2) is 4.97. The number of hydrogen-bond donors (Lipinski definition) is 3. The van der Waals surface area contributed by atoms with Crippen LogP contribution in [0.3, 0.4) is 0 Å².